The van der Waals surface area contributed by atoms with Crippen LogP contribution in [0.15, 0.2) is 18.5 Å². The molecule has 0 saturated heterocycles. The highest BCUT2D eigenvalue weighted by atomic mass is 19.4. The third kappa shape index (κ3) is 4.31. The molecule has 0 aliphatic carbocycles. The second-order valence-electron chi connectivity index (χ2n) is 5.17. The van der Waals surface area contributed by atoms with Gasteiger partial charge in [0.05, 0.1) is 12.3 Å². The first-order chi connectivity index (χ1) is 10.7. The number of hydrogen-bond donors (Lipinski definition) is 2. The zero-order valence-corrected chi connectivity index (χ0v) is 12.8. The van der Waals surface area contributed by atoms with Crippen molar-refractivity contribution in [3.8, 4) is 0 Å². The third-order valence-corrected chi connectivity index (χ3v) is 3.02. The second kappa shape index (κ2) is 6.41. The van der Waals surface area contributed by atoms with E-state index in [1.54, 1.807) is 27.3 Å². The number of halogens is 3. The van der Waals surface area contributed by atoms with Crippen molar-refractivity contribution in [2.45, 2.75) is 12.3 Å². The van der Waals surface area contributed by atoms with E-state index in [1.165, 1.54) is 15.8 Å². The Balaban J connectivity index is 2.17. The molecule has 2 N–H and O–H groups in total. The zero-order valence-electron chi connectivity index (χ0n) is 12.8. The summed E-state index contributed by atoms with van der Waals surface area (Å²) in [4.78, 5) is 8.89. The van der Waals surface area contributed by atoms with Crippen molar-refractivity contribution in [3.05, 3.63) is 29.7 Å². The van der Waals surface area contributed by atoms with Gasteiger partial charge >= 0.3 is 6.18 Å². The fourth-order valence-electron chi connectivity index (χ4n) is 1.81. The lowest BCUT2D eigenvalue weighted by Crippen LogP contribution is -2.19. The molecule has 0 radical (unpaired) electrons. The van der Waals surface area contributed by atoms with Crippen molar-refractivity contribution >= 4 is 11.8 Å². The van der Waals surface area contributed by atoms with Gasteiger partial charge in [-0.15, -0.1) is 0 Å². The van der Waals surface area contributed by atoms with E-state index in [0.717, 1.165) is 6.07 Å². The van der Waals surface area contributed by atoms with Crippen LogP contribution < -0.4 is 10.2 Å². The van der Waals surface area contributed by atoms with E-state index in [4.69, 9.17) is 0 Å². The van der Waals surface area contributed by atoms with Crippen LogP contribution in [0.4, 0.5) is 24.9 Å². The first-order valence-corrected chi connectivity index (χ1v) is 6.71. The summed E-state index contributed by atoms with van der Waals surface area (Å²) >= 11 is 0. The average molecular weight is 330 g/mol. The zero-order chi connectivity index (χ0) is 17.2. The topological polar surface area (TPSA) is 79.1 Å². The van der Waals surface area contributed by atoms with Crippen LogP contribution in [0.2, 0.25) is 0 Å². The number of nitrogens with one attached hydrogen (secondary N) is 1. The third-order valence-electron chi connectivity index (χ3n) is 3.02. The summed E-state index contributed by atoms with van der Waals surface area (Å²) in [6.07, 6.45) is -2.42. The Morgan fingerprint density at radius 1 is 1.35 bits per heavy atom. The number of hydrogen-bond acceptors (Lipinski definition) is 6. The summed E-state index contributed by atoms with van der Waals surface area (Å²) in [5, 5.41) is 16.5. The van der Waals surface area contributed by atoms with Gasteiger partial charge in [0.2, 0.25) is 5.95 Å². The second-order valence-corrected chi connectivity index (χ2v) is 5.17. The summed E-state index contributed by atoms with van der Waals surface area (Å²) in [6.45, 7) is -0.0418. The van der Waals surface area contributed by atoms with Crippen molar-refractivity contribution in [1.29, 1.82) is 0 Å². The molecule has 2 rings (SSSR count). The molecule has 2 aromatic rings. The van der Waals surface area contributed by atoms with Crippen LogP contribution in [0, 0.1) is 0 Å². The Kier molecular flexibility index (Phi) is 4.73. The number of aromatic nitrogens is 4. The smallest absolute Gasteiger partial charge is 0.386 e. The van der Waals surface area contributed by atoms with Gasteiger partial charge in [-0.25, -0.2) is 4.98 Å². The van der Waals surface area contributed by atoms with E-state index in [9.17, 15) is 18.3 Å². The molecule has 7 nitrogen and oxygen atoms in total. The molecule has 0 saturated carbocycles. The predicted octanol–water partition coefficient (Wildman–Crippen LogP) is 1.44. The molecule has 1 atom stereocenters. The molecule has 0 aromatic carbocycles. The van der Waals surface area contributed by atoms with Crippen molar-refractivity contribution in [2.24, 2.45) is 7.05 Å². The van der Waals surface area contributed by atoms with Crippen molar-refractivity contribution < 1.29 is 18.3 Å². The number of anilines is 2. The van der Waals surface area contributed by atoms with E-state index in [1.807, 2.05) is 0 Å². The maximum Gasteiger partial charge on any atom is 0.433 e. The Bertz CT molecular complexity index is 670. The van der Waals surface area contributed by atoms with Crippen molar-refractivity contribution in [3.63, 3.8) is 0 Å². The van der Waals surface area contributed by atoms with E-state index in [-0.39, 0.29) is 18.3 Å². The van der Waals surface area contributed by atoms with E-state index in [0.29, 0.717) is 5.56 Å². The number of aliphatic hydroxyl groups is 1. The van der Waals surface area contributed by atoms with Crippen LogP contribution in [0.3, 0.4) is 0 Å². The molecule has 0 bridgehead atoms. The number of rotatable bonds is 5. The maximum absolute atomic E-state index is 12.9. The molecular weight excluding hydrogens is 313 g/mol. The first-order valence-electron chi connectivity index (χ1n) is 6.71. The fraction of sp³-hybridized carbons (Fsp3) is 0.462. The minimum Gasteiger partial charge on any atom is -0.386 e. The molecule has 126 valence electrons. The van der Waals surface area contributed by atoms with Gasteiger partial charge in [0.15, 0.2) is 5.69 Å². The summed E-state index contributed by atoms with van der Waals surface area (Å²) < 4.78 is 40.2. The monoisotopic (exact) mass is 330 g/mol. The van der Waals surface area contributed by atoms with Crippen LogP contribution >= 0.6 is 0 Å². The van der Waals surface area contributed by atoms with E-state index < -0.39 is 18.0 Å². The van der Waals surface area contributed by atoms with Crippen LogP contribution in [-0.2, 0) is 13.2 Å². The Morgan fingerprint density at radius 2 is 2.04 bits per heavy atom. The largest absolute Gasteiger partial charge is 0.433 e. The standard InChI is InChI=1S/C13H17F3N6O/c1-21(2)11-4-10(13(14,15)16)19-12(20-11)17-6-9(23)8-5-18-22(3)7-8/h4-5,7,9,23H,6H2,1-3H3,(H,17,19,20). The number of aryl methyl sites for hydroxylation is 1. The molecule has 1 unspecified atom stereocenters. The predicted molar refractivity (Wildman–Crippen MR) is 78.0 cm³/mol. The highest BCUT2D eigenvalue weighted by molar-refractivity contribution is 5.44. The van der Waals surface area contributed by atoms with Gasteiger partial charge in [-0.1, -0.05) is 0 Å². The van der Waals surface area contributed by atoms with Gasteiger partial charge in [-0.3, -0.25) is 4.68 Å². The lowest BCUT2D eigenvalue weighted by molar-refractivity contribution is -0.141. The molecule has 0 aliphatic heterocycles. The molecule has 2 heterocycles. The summed E-state index contributed by atoms with van der Waals surface area (Å²) in [7, 11) is 4.86. The fourth-order valence-corrected chi connectivity index (χ4v) is 1.81. The highest BCUT2D eigenvalue weighted by Gasteiger charge is 2.34. The Morgan fingerprint density at radius 3 is 2.57 bits per heavy atom. The molecule has 2 aromatic heterocycles. The number of alkyl halides is 3. The van der Waals surface area contributed by atoms with Crippen molar-refractivity contribution in [1.82, 2.24) is 19.7 Å². The maximum atomic E-state index is 12.9. The highest BCUT2D eigenvalue weighted by Crippen LogP contribution is 2.30. The van der Waals surface area contributed by atoms with Gasteiger partial charge in [-0.05, 0) is 0 Å². The summed E-state index contributed by atoms with van der Waals surface area (Å²) in [5.41, 5.74) is -0.505. The van der Waals surface area contributed by atoms with Crippen LogP contribution in [0.25, 0.3) is 0 Å². The normalized spacial score (nSPS) is 13.0. The molecule has 0 aliphatic rings. The Labute approximate surface area is 130 Å². The minimum atomic E-state index is -4.58. The molecular formula is C13H17F3N6O. The van der Waals surface area contributed by atoms with Gasteiger partial charge in [-0.2, -0.15) is 23.3 Å². The Hall–Kier alpha value is -2.36. The molecule has 0 fully saturated rings. The SMILES string of the molecule is CN(C)c1cc(C(F)(F)F)nc(NCC(O)c2cnn(C)c2)n1. The average Bonchev–Trinajstić information content (AvgIpc) is 2.90. The van der Waals surface area contributed by atoms with E-state index in [2.05, 4.69) is 20.4 Å². The minimum absolute atomic E-state index is 0.0418. The van der Waals surface area contributed by atoms with Gasteiger partial charge in [0.1, 0.15) is 5.82 Å². The summed E-state index contributed by atoms with van der Waals surface area (Å²) in [5.74, 6) is -0.0860. The lowest BCUT2D eigenvalue weighted by Gasteiger charge is -2.16. The number of nitrogens with zero attached hydrogens (tertiary/aromatic N) is 5. The van der Waals surface area contributed by atoms with Gasteiger partial charge < -0.3 is 15.3 Å². The molecule has 0 amide bonds. The van der Waals surface area contributed by atoms with Gasteiger partial charge in [0.25, 0.3) is 0 Å². The van der Waals surface area contributed by atoms with Crippen LogP contribution in [0.5, 0.6) is 0 Å². The van der Waals surface area contributed by atoms with Crippen LogP contribution in [-0.4, -0.2) is 45.5 Å². The summed E-state index contributed by atoms with van der Waals surface area (Å²) in [6, 6.07) is 0.864. The van der Waals surface area contributed by atoms with Crippen molar-refractivity contribution in [2.75, 3.05) is 30.9 Å². The molecule has 10 heteroatoms. The molecule has 23 heavy (non-hydrogen) atoms. The lowest BCUT2D eigenvalue weighted by atomic mass is 10.2. The first kappa shape index (κ1) is 17.0. The number of aliphatic hydroxyl groups excluding tert-OH is 1. The molecule has 0 spiro atoms. The van der Waals surface area contributed by atoms with E-state index >= 15 is 0 Å². The quantitative estimate of drug-likeness (QED) is 0.864. The van der Waals surface area contributed by atoms with Crippen LogP contribution in [0.1, 0.15) is 17.4 Å². The van der Waals surface area contributed by atoms with Gasteiger partial charge in [0, 0.05) is 45.5 Å².